The molecule has 0 radical (unpaired) electrons. The zero-order valence-corrected chi connectivity index (χ0v) is 16.4. The van der Waals surface area contributed by atoms with Crippen molar-refractivity contribution in [3.05, 3.63) is 58.6 Å². The molecule has 26 heavy (non-hydrogen) atoms. The number of nitrogens with one attached hydrogen (secondary N) is 2. The van der Waals surface area contributed by atoms with Gasteiger partial charge in [0.2, 0.25) is 0 Å². The quantitative estimate of drug-likeness (QED) is 0.567. The Morgan fingerprint density at radius 2 is 1.92 bits per heavy atom. The monoisotopic (exact) mass is 392 g/mol. The number of hydrogen-bond donors (Lipinski definition) is 2. The molecule has 0 saturated carbocycles. The zero-order valence-electron chi connectivity index (χ0n) is 14.8. The van der Waals surface area contributed by atoms with Crippen LogP contribution in [0.3, 0.4) is 0 Å². The second-order valence-electron chi connectivity index (χ2n) is 5.81. The number of anilines is 1. The van der Waals surface area contributed by atoms with Crippen molar-refractivity contribution in [2.45, 2.75) is 19.9 Å². The Hall–Kier alpha value is -2.31. The number of rotatable bonds is 6. The van der Waals surface area contributed by atoms with Gasteiger partial charge in [0.15, 0.2) is 5.11 Å². The maximum Gasteiger partial charge on any atom is 0.337 e. The van der Waals surface area contributed by atoms with Crippen LogP contribution in [0.15, 0.2) is 42.5 Å². The standard InChI is InChI=1S/C19H21ClN2O3S/c1-12-4-7-15(8-5-12)25-11-13(2)21-19(26)22-17-10-14(18(23)24-3)6-9-16(17)20/h4-10,13H,11H2,1-3H3,(H2,21,22,26)/t13-/m0/s1. The van der Waals surface area contributed by atoms with Gasteiger partial charge in [0.1, 0.15) is 12.4 Å². The first-order valence-electron chi connectivity index (χ1n) is 8.04. The van der Waals surface area contributed by atoms with E-state index >= 15 is 0 Å². The minimum atomic E-state index is -0.441. The van der Waals surface area contributed by atoms with Gasteiger partial charge < -0.3 is 20.1 Å². The minimum Gasteiger partial charge on any atom is -0.491 e. The van der Waals surface area contributed by atoms with Crippen molar-refractivity contribution in [1.29, 1.82) is 0 Å². The average molecular weight is 393 g/mol. The molecule has 0 bridgehead atoms. The van der Waals surface area contributed by atoms with E-state index in [1.54, 1.807) is 18.2 Å². The third-order valence-corrected chi connectivity index (χ3v) is 4.08. The number of benzene rings is 2. The summed E-state index contributed by atoms with van der Waals surface area (Å²) < 4.78 is 10.4. The molecular weight excluding hydrogens is 372 g/mol. The van der Waals surface area contributed by atoms with E-state index in [-0.39, 0.29) is 6.04 Å². The van der Waals surface area contributed by atoms with Crippen molar-refractivity contribution in [3.8, 4) is 5.75 Å². The van der Waals surface area contributed by atoms with Crippen LogP contribution in [-0.2, 0) is 4.74 Å². The highest BCUT2D eigenvalue weighted by Gasteiger charge is 2.11. The van der Waals surface area contributed by atoms with Crippen molar-refractivity contribution in [1.82, 2.24) is 5.32 Å². The second-order valence-corrected chi connectivity index (χ2v) is 6.63. The number of aryl methyl sites for hydroxylation is 1. The highest BCUT2D eigenvalue weighted by molar-refractivity contribution is 7.80. The SMILES string of the molecule is COC(=O)c1ccc(Cl)c(NC(=S)N[C@@H](C)COc2ccc(C)cc2)c1. The molecule has 0 fully saturated rings. The minimum absolute atomic E-state index is 0.0288. The van der Waals surface area contributed by atoms with Crippen LogP contribution in [0.1, 0.15) is 22.8 Å². The Labute approximate surface area is 163 Å². The van der Waals surface area contributed by atoms with E-state index in [0.29, 0.717) is 28.0 Å². The van der Waals surface area contributed by atoms with E-state index in [2.05, 4.69) is 10.6 Å². The fraction of sp³-hybridized carbons (Fsp3) is 0.263. The molecule has 0 aliphatic carbocycles. The number of methoxy groups -OCH3 is 1. The molecule has 0 saturated heterocycles. The van der Waals surface area contributed by atoms with E-state index in [1.165, 1.54) is 12.7 Å². The second kappa shape index (κ2) is 9.40. The van der Waals surface area contributed by atoms with Crippen molar-refractivity contribution in [2.75, 3.05) is 19.0 Å². The summed E-state index contributed by atoms with van der Waals surface area (Å²) in [5, 5.41) is 6.94. The van der Waals surface area contributed by atoms with Gasteiger partial charge in [-0.1, -0.05) is 29.3 Å². The Kier molecular flexibility index (Phi) is 7.24. The number of esters is 1. The Morgan fingerprint density at radius 1 is 1.23 bits per heavy atom. The average Bonchev–Trinajstić information content (AvgIpc) is 2.62. The fourth-order valence-electron chi connectivity index (χ4n) is 2.15. The number of hydrogen-bond acceptors (Lipinski definition) is 4. The Balaban J connectivity index is 1.89. The van der Waals surface area contributed by atoms with Crippen LogP contribution in [0.2, 0.25) is 5.02 Å². The Morgan fingerprint density at radius 3 is 2.58 bits per heavy atom. The van der Waals surface area contributed by atoms with Crippen LogP contribution in [0.25, 0.3) is 0 Å². The number of carbonyl (C=O) groups is 1. The van der Waals surface area contributed by atoms with Crippen LogP contribution in [0.4, 0.5) is 5.69 Å². The highest BCUT2D eigenvalue weighted by atomic mass is 35.5. The molecule has 2 rings (SSSR count). The molecule has 7 heteroatoms. The maximum absolute atomic E-state index is 11.6. The van der Waals surface area contributed by atoms with Crippen LogP contribution >= 0.6 is 23.8 Å². The van der Waals surface area contributed by atoms with Crippen molar-refractivity contribution >= 4 is 40.6 Å². The zero-order chi connectivity index (χ0) is 19.1. The lowest BCUT2D eigenvalue weighted by molar-refractivity contribution is 0.0601. The summed E-state index contributed by atoms with van der Waals surface area (Å²) >= 11 is 11.5. The molecular formula is C19H21ClN2O3S. The summed E-state index contributed by atoms with van der Waals surface area (Å²) in [5.41, 5.74) is 2.09. The molecule has 0 spiro atoms. The van der Waals surface area contributed by atoms with E-state index in [4.69, 9.17) is 33.3 Å². The van der Waals surface area contributed by atoms with Crippen LogP contribution in [0.5, 0.6) is 5.75 Å². The number of halogens is 1. The largest absolute Gasteiger partial charge is 0.491 e. The van der Waals surface area contributed by atoms with Crippen molar-refractivity contribution in [2.24, 2.45) is 0 Å². The molecule has 1 atom stereocenters. The lowest BCUT2D eigenvalue weighted by Crippen LogP contribution is -2.39. The number of thiocarbonyl (C=S) groups is 1. The first kappa shape index (κ1) is 20.0. The van der Waals surface area contributed by atoms with Gasteiger partial charge in [-0.3, -0.25) is 0 Å². The molecule has 0 amide bonds. The summed E-state index contributed by atoms with van der Waals surface area (Å²) in [5.74, 6) is 0.361. The van der Waals surface area contributed by atoms with Crippen LogP contribution in [-0.4, -0.2) is 30.8 Å². The first-order valence-corrected chi connectivity index (χ1v) is 8.82. The lowest BCUT2D eigenvalue weighted by Gasteiger charge is -2.18. The first-order chi connectivity index (χ1) is 12.4. The highest BCUT2D eigenvalue weighted by Crippen LogP contribution is 2.23. The third kappa shape index (κ3) is 5.89. The van der Waals surface area contributed by atoms with Crippen LogP contribution in [0, 0.1) is 6.92 Å². The predicted molar refractivity (Wildman–Crippen MR) is 108 cm³/mol. The van der Waals surface area contributed by atoms with Gasteiger partial charge in [-0.05, 0) is 56.4 Å². The molecule has 2 N–H and O–H groups in total. The van der Waals surface area contributed by atoms with Gasteiger partial charge >= 0.3 is 5.97 Å². The summed E-state index contributed by atoms with van der Waals surface area (Å²) in [4.78, 5) is 11.6. The molecule has 0 unspecified atom stereocenters. The lowest BCUT2D eigenvalue weighted by atomic mass is 10.2. The van der Waals surface area contributed by atoms with Crippen molar-refractivity contribution in [3.63, 3.8) is 0 Å². The van der Waals surface area contributed by atoms with E-state index in [1.807, 2.05) is 38.1 Å². The number of ether oxygens (including phenoxy) is 2. The van der Waals surface area contributed by atoms with Gasteiger partial charge in [0.25, 0.3) is 0 Å². The topological polar surface area (TPSA) is 59.6 Å². The van der Waals surface area contributed by atoms with Gasteiger partial charge in [0.05, 0.1) is 29.4 Å². The molecule has 0 aliphatic heterocycles. The molecule has 0 heterocycles. The summed E-state index contributed by atoms with van der Waals surface area (Å²) in [6, 6.07) is 12.6. The summed E-state index contributed by atoms with van der Waals surface area (Å²) in [7, 11) is 1.33. The molecule has 5 nitrogen and oxygen atoms in total. The third-order valence-electron chi connectivity index (χ3n) is 3.53. The predicted octanol–water partition coefficient (Wildman–Crippen LogP) is 4.19. The maximum atomic E-state index is 11.6. The van der Waals surface area contributed by atoms with E-state index in [9.17, 15) is 4.79 Å². The van der Waals surface area contributed by atoms with Gasteiger partial charge in [-0.25, -0.2) is 4.79 Å². The van der Waals surface area contributed by atoms with Crippen LogP contribution < -0.4 is 15.4 Å². The number of carbonyl (C=O) groups excluding carboxylic acids is 1. The molecule has 2 aromatic carbocycles. The molecule has 138 valence electrons. The normalized spacial score (nSPS) is 11.4. The smallest absolute Gasteiger partial charge is 0.337 e. The fourth-order valence-corrected chi connectivity index (χ4v) is 2.62. The Bertz CT molecular complexity index is 781. The van der Waals surface area contributed by atoms with E-state index < -0.39 is 5.97 Å². The molecule has 2 aromatic rings. The van der Waals surface area contributed by atoms with E-state index in [0.717, 1.165) is 5.75 Å². The summed E-state index contributed by atoms with van der Waals surface area (Å²) in [6.07, 6.45) is 0. The van der Waals surface area contributed by atoms with Gasteiger partial charge in [-0.15, -0.1) is 0 Å². The van der Waals surface area contributed by atoms with Gasteiger partial charge in [0, 0.05) is 0 Å². The molecule has 0 aliphatic rings. The van der Waals surface area contributed by atoms with Gasteiger partial charge in [-0.2, -0.15) is 0 Å². The summed E-state index contributed by atoms with van der Waals surface area (Å²) in [6.45, 7) is 4.42. The molecule has 0 aromatic heterocycles. The van der Waals surface area contributed by atoms with Crippen molar-refractivity contribution < 1.29 is 14.3 Å².